The number of benzene rings is 4. The van der Waals surface area contributed by atoms with E-state index in [2.05, 4.69) is 15.3 Å². The van der Waals surface area contributed by atoms with Crippen LogP contribution >= 0.6 is 0 Å². The lowest BCUT2D eigenvalue weighted by Crippen LogP contribution is -2.23. The fourth-order valence-corrected chi connectivity index (χ4v) is 5.60. The maximum atomic E-state index is 12.1. The van der Waals surface area contributed by atoms with Gasteiger partial charge in [0, 0.05) is 43.2 Å². The molecule has 0 bridgehead atoms. The number of carbonyl (C=O) groups is 2. The number of carboxylic acids is 1. The maximum absolute atomic E-state index is 12.1. The number of hydrogen-bond donors (Lipinski definition) is 3. The molecule has 4 N–H and O–H groups in total. The number of rotatable bonds is 19. The van der Waals surface area contributed by atoms with Gasteiger partial charge in [-0.05, 0) is 101 Å². The lowest BCUT2D eigenvalue weighted by atomic mass is 10.1. The summed E-state index contributed by atoms with van der Waals surface area (Å²) in [6, 6.07) is 38.7. The topological polar surface area (TPSA) is 174 Å². The molecule has 2 heterocycles. The molecule has 4 aromatic carbocycles. The van der Waals surface area contributed by atoms with Gasteiger partial charge in [0.1, 0.15) is 13.2 Å². The van der Waals surface area contributed by atoms with Gasteiger partial charge in [-0.25, -0.2) is 14.8 Å². The van der Waals surface area contributed by atoms with Crippen molar-refractivity contribution < 1.29 is 43.1 Å². The average Bonchev–Trinajstić information content (AvgIpc) is 3.33. The Labute approximate surface area is 376 Å². The van der Waals surface area contributed by atoms with Crippen LogP contribution in [0.15, 0.2) is 146 Å². The summed E-state index contributed by atoms with van der Waals surface area (Å²) >= 11 is 0. The molecular weight excluding hydrogens is 813 g/mol. The molecule has 13 heteroatoms. The summed E-state index contributed by atoms with van der Waals surface area (Å²) in [6.07, 6.45) is 10.4. The molecule has 2 aromatic heterocycles. The van der Waals surface area contributed by atoms with Gasteiger partial charge < -0.3 is 44.6 Å². The van der Waals surface area contributed by atoms with Crippen molar-refractivity contribution >= 4 is 24.0 Å². The molecule has 0 aliphatic carbocycles. The second kappa shape index (κ2) is 28.8. The van der Waals surface area contributed by atoms with E-state index in [9.17, 15) is 9.59 Å². The van der Waals surface area contributed by atoms with Crippen LogP contribution in [0.1, 0.15) is 40.8 Å². The SMILES string of the molecule is C.COc1cc(/C=C/C(=O)NCCc2ccc(OC)c(OCc3ccccc3)c2)ccn1.COc1ccc(/C=C/C(=O)O)cn1.COc1ccc(CCN)cc1OCc1ccccc1. The van der Waals surface area contributed by atoms with Crippen LogP contribution in [0.5, 0.6) is 34.8 Å². The molecule has 0 saturated heterocycles. The van der Waals surface area contributed by atoms with E-state index in [-0.39, 0.29) is 13.3 Å². The lowest BCUT2D eigenvalue weighted by molar-refractivity contribution is -0.131. The van der Waals surface area contributed by atoms with Gasteiger partial charge in [0.25, 0.3) is 0 Å². The third kappa shape index (κ3) is 18.5. The van der Waals surface area contributed by atoms with E-state index < -0.39 is 5.97 Å². The number of amides is 1. The van der Waals surface area contributed by atoms with Crippen molar-refractivity contribution in [3.63, 3.8) is 0 Å². The normalized spacial score (nSPS) is 10.3. The Bertz CT molecular complexity index is 2340. The number of pyridine rings is 2. The predicted octanol–water partition coefficient (Wildman–Crippen LogP) is 8.65. The monoisotopic (exact) mass is 870 g/mol. The van der Waals surface area contributed by atoms with E-state index in [0.717, 1.165) is 57.4 Å². The Balaban J connectivity index is 0.000000280. The molecule has 0 saturated carbocycles. The summed E-state index contributed by atoms with van der Waals surface area (Å²) in [4.78, 5) is 30.2. The second-order valence-corrected chi connectivity index (χ2v) is 13.4. The molecular formula is C51H58N4O9. The molecule has 336 valence electrons. The maximum Gasteiger partial charge on any atom is 0.328 e. The average molecular weight is 871 g/mol. The summed E-state index contributed by atoms with van der Waals surface area (Å²) in [5.74, 6) is 2.75. The van der Waals surface area contributed by atoms with E-state index in [4.69, 9.17) is 39.3 Å². The second-order valence-electron chi connectivity index (χ2n) is 13.4. The zero-order valence-corrected chi connectivity index (χ0v) is 35.9. The van der Waals surface area contributed by atoms with Gasteiger partial charge in [-0.3, -0.25) is 4.79 Å². The number of methoxy groups -OCH3 is 4. The molecule has 0 spiro atoms. The Morgan fingerprint density at radius 3 is 1.66 bits per heavy atom. The number of carbonyl (C=O) groups excluding carboxylic acids is 1. The van der Waals surface area contributed by atoms with Crippen LogP contribution in [-0.2, 0) is 35.6 Å². The van der Waals surface area contributed by atoms with Crippen LogP contribution in [-0.4, -0.2) is 68.5 Å². The minimum atomic E-state index is -0.976. The summed E-state index contributed by atoms with van der Waals surface area (Å²) in [6.45, 7) is 2.13. The highest BCUT2D eigenvalue weighted by Crippen LogP contribution is 2.30. The highest BCUT2D eigenvalue weighted by Gasteiger charge is 2.08. The molecule has 0 aliphatic rings. The Morgan fingerprint density at radius 1 is 0.594 bits per heavy atom. The number of hydrogen-bond acceptors (Lipinski definition) is 11. The van der Waals surface area contributed by atoms with Gasteiger partial charge in [-0.1, -0.05) is 80.2 Å². The zero-order chi connectivity index (χ0) is 45.1. The van der Waals surface area contributed by atoms with Gasteiger partial charge in [-0.15, -0.1) is 0 Å². The van der Waals surface area contributed by atoms with E-state index in [1.807, 2.05) is 97.1 Å². The number of nitrogens with zero attached hydrogens (tertiary/aromatic N) is 2. The van der Waals surface area contributed by atoms with Crippen LogP contribution in [0.25, 0.3) is 12.2 Å². The lowest BCUT2D eigenvalue weighted by Gasteiger charge is -2.12. The van der Waals surface area contributed by atoms with E-state index in [0.29, 0.717) is 56.0 Å². The summed E-state index contributed by atoms with van der Waals surface area (Å²) in [5.41, 5.74) is 11.6. The number of aromatic nitrogens is 2. The number of nitrogens with one attached hydrogen (secondary N) is 1. The third-order valence-electron chi connectivity index (χ3n) is 8.86. The van der Waals surface area contributed by atoms with Crippen LogP contribution in [0.4, 0.5) is 0 Å². The number of ether oxygens (including phenoxy) is 6. The predicted molar refractivity (Wildman–Crippen MR) is 251 cm³/mol. The third-order valence-corrected chi connectivity index (χ3v) is 8.86. The highest BCUT2D eigenvalue weighted by atomic mass is 16.5. The standard InChI is InChI=1S/C25H26N2O4.C16H19NO2.C9H9NO3.CH4/c1-29-22-10-8-19(16-23(22)31-18-21-6-4-3-5-7-21)12-14-26-24(28)11-9-20-13-15-27-25(17-20)30-2;1-18-15-8-7-13(9-10-17)11-16(15)19-12-14-5-3-2-4-6-14;1-13-8-4-2-7(6-10-8)3-5-9(11)12;/h3-11,13,15-17H,12,14,18H2,1-2H3,(H,26,28);2-8,11H,9-10,12,17H2,1H3;2-6H,1H3,(H,11,12);1H4/b11-9+;;5-3+;. The number of nitrogens with two attached hydrogens (primary N) is 1. The van der Waals surface area contributed by atoms with Crippen molar-refractivity contribution in [3.05, 3.63) is 179 Å². The molecule has 13 nitrogen and oxygen atoms in total. The summed E-state index contributed by atoms with van der Waals surface area (Å²) in [5, 5.41) is 11.2. The minimum absolute atomic E-state index is 0. The number of carboxylic acid groups (broad SMARTS) is 1. The first-order valence-corrected chi connectivity index (χ1v) is 20.0. The zero-order valence-electron chi connectivity index (χ0n) is 35.9. The number of aliphatic carboxylic acids is 1. The van der Waals surface area contributed by atoms with Crippen molar-refractivity contribution in [2.75, 3.05) is 41.5 Å². The van der Waals surface area contributed by atoms with Crippen molar-refractivity contribution in [3.8, 4) is 34.8 Å². The molecule has 0 unspecified atom stereocenters. The first-order valence-electron chi connectivity index (χ1n) is 20.0. The van der Waals surface area contributed by atoms with Gasteiger partial charge >= 0.3 is 5.97 Å². The fraction of sp³-hybridized carbons (Fsp3) is 0.216. The largest absolute Gasteiger partial charge is 0.493 e. The quantitative estimate of drug-likeness (QED) is 0.0663. The minimum Gasteiger partial charge on any atom is -0.493 e. The molecule has 0 fully saturated rings. The smallest absolute Gasteiger partial charge is 0.328 e. The van der Waals surface area contributed by atoms with Gasteiger partial charge in [0.2, 0.25) is 17.7 Å². The van der Waals surface area contributed by atoms with Crippen molar-refractivity contribution in [2.45, 2.75) is 33.5 Å². The Kier molecular flexibility index (Phi) is 22.8. The first kappa shape index (κ1) is 50.7. The van der Waals surface area contributed by atoms with Crippen LogP contribution < -0.4 is 39.5 Å². The fourth-order valence-electron chi connectivity index (χ4n) is 5.60. The van der Waals surface area contributed by atoms with Crippen molar-refractivity contribution in [2.24, 2.45) is 5.73 Å². The molecule has 6 aromatic rings. The van der Waals surface area contributed by atoms with Crippen LogP contribution in [0.3, 0.4) is 0 Å². The Hall–Kier alpha value is -7.64. The van der Waals surface area contributed by atoms with Gasteiger partial charge in [0.05, 0.1) is 28.4 Å². The van der Waals surface area contributed by atoms with E-state index in [1.54, 1.807) is 57.9 Å². The van der Waals surface area contributed by atoms with E-state index >= 15 is 0 Å². The molecule has 64 heavy (non-hydrogen) atoms. The van der Waals surface area contributed by atoms with Gasteiger partial charge in [-0.2, -0.15) is 0 Å². The highest BCUT2D eigenvalue weighted by molar-refractivity contribution is 5.91. The molecule has 0 aliphatic heterocycles. The van der Waals surface area contributed by atoms with Gasteiger partial charge in [0.15, 0.2) is 23.0 Å². The summed E-state index contributed by atoms with van der Waals surface area (Å²) in [7, 11) is 6.34. The molecule has 0 atom stereocenters. The van der Waals surface area contributed by atoms with E-state index in [1.165, 1.54) is 25.5 Å². The summed E-state index contributed by atoms with van der Waals surface area (Å²) < 4.78 is 32.4. The van der Waals surface area contributed by atoms with Crippen LogP contribution in [0, 0.1) is 0 Å². The molecule has 1 amide bonds. The van der Waals surface area contributed by atoms with Crippen molar-refractivity contribution in [1.82, 2.24) is 15.3 Å². The first-order chi connectivity index (χ1) is 30.7. The molecule has 6 rings (SSSR count). The van der Waals surface area contributed by atoms with Crippen LogP contribution in [0.2, 0.25) is 0 Å². The molecule has 0 radical (unpaired) electrons. The van der Waals surface area contributed by atoms with Crippen molar-refractivity contribution in [1.29, 1.82) is 0 Å². The Morgan fingerprint density at radius 2 is 1.16 bits per heavy atom.